The Morgan fingerprint density at radius 1 is 1.12 bits per heavy atom. The first-order valence-electron chi connectivity index (χ1n) is 5.32. The zero-order chi connectivity index (χ0) is 10.5. The van der Waals surface area contributed by atoms with E-state index >= 15 is 0 Å². The molecule has 2 aliphatic carbocycles. The molecule has 0 aromatic heterocycles. The van der Waals surface area contributed by atoms with Crippen LogP contribution in [0.25, 0.3) is 0 Å². The summed E-state index contributed by atoms with van der Waals surface area (Å²) in [5.74, 6) is 1.06. The van der Waals surface area contributed by atoms with Crippen LogP contribution in [0.2, 0.25) is 0 Å². The number of aliphatic hydroxyl groups is 1. The normalized spacial score (nSPS) is 16.4. The van der Waals surface area contributed by atoms with Gasteiger partial charge in [-0.25, -0.2) is 12.1 Å². The van der Waals surface area contributed by atoms with Crippen LogP contribution in [0, 0.1) is 5.92 Å². The molecular weight excluding hydrogens is 240 g/mol. The Bertz CT molecular complexity index is 350. The molecule has 2 heteroatoms. The van der Waals surface area contributed by atoms with Gasteiger partial charge in [-0.3, -0.25) is 0 Å². The standard InChI is InChI=1S/C9H10O.C5H5.Fe/c10-9(8-5-6-8)7-3-1-2-4-7;1-2-4-5-3-1;/h1-4,8,10H,5-6H2;1-5H;/q;-1;. The van der Waals surface area contributed by atoms with E-state index in [4.69, 9.17) is 0 Å². The molecule has 1 aromatic rings. The van der Waals surface area contributed by atoms with Gasteiger partial charge in [-0.15, -0.1) is 0 Å². The second kappa shape index (κ2) is 6.47. The molecule has 1 saturated carbocycles. The third-order valence-electron chi connectivity index (χ3n) is 2.48. The molecule has 1 aromatic carbocycles. The van der Waals surface area contributed by atoms with Crippen molar-refractivity contribution in [3.8, 4) is 0 Å². The smallest absolute Gasteiger partial charge is 0.103 e. The molecule has 1 fully saturated rings. The fraction of sp³-hybridized carbons (Fsp3) is 0.214. The molecule has 1 N–H and O–H groups in total. The zero-order valence-electron chi connectivity index (χ0n) is 8.99. The number of rotatable bonds is 1. The minimum atomic E-state index is 0. The van der Waals surface area contributed by atoms with E-state index < -0.39 is 0 Å². The first-order valence-corrected chi connectivity index (χ1v) is 5.32. The molecule has 0 saturated heterocycles. The SMILES string of the molecule is OC(=C1C=CC=C1)C1CC1.[Fe].c1cc[cH-]c1. The third-order valence-corrected chi connectivity index (χ3v) is 2.48. The quantitative estimate of drug-likeness (QED) is 0.460. The molecule has 0 aliphatic heterocycles. The van der Waals surface area contributed by atoms with Crippen LogP contribution in [-0.4, -0.2) is 5.11 Å². The average Bonchev–Trinajstić information content (AvgIpc) is 2.80. The van der Waals surface area contributed by atoms with E-state index in [0.29, 0.717) is 11.7 Å². The van der Waals surface area contributed by atoms with Crippen molar-refractivity contribution in [3.63, 3.8) is 0 Å². The molecule has 0 amide bonds. The van der Waals surface area contributed by atoms with E-state index in [1.54, 1.807) is 0 Å². The van der Waals surface area contributed by atoms with Crippen molar-refractivity contribution in [2.75, 3.05) is 0 Å². The van der Waals surface area contributed by atoms with Crippen LogP contribution in [0.4, 0.5) is 0 Å². The van der Waals surface area contributed by atoms with Crippen molar-refractivity contribution in [2.24, 2.45) is 5.92 Å². The summed E-state index contributed by atoms with van der Waals surface area (Å²) in [7, 11) is 0. The molecule has 0 bridgehead atoms. The predicted octanol–water partition coefficient (Wildman–Crippen LogP) is 3.74. The van der Waals surface area contributed by atoms with Crippen LogP contribution in [0.15, 0.2) is 66.0 Å². The first-order chi connectivity index (χ1) is 7.38. The molecular formula is C14H15FeO-. The van der Waals surface area contributed by atoms with E-state index in [9.17, 15) is 5.11 Å². The van der Waals surface area contributed by atoms with E-state index in [1.165, 1.54) is 0 Å². The van der Waals surface area contributed by atoms with Crippen LogP contribution >= 0.6 is 0 Å². The summed E-state index contributed by atoms with van der Waals surface area (Å²) < 4.78 is 0. The Morgan fingerprint density at radius 2 is 1.69 bits per heavy atom. The minimum Gasteiger partial charge on any atom is -0.511 e. The Kier molecular flexibility index (Phi) is 5.24. The van der Waals surface area contributed by atoms with Crippen LogP contribution in [-0.2, 0) is 17.1 Å². The Labute approximate surface area is 107 Å². The molecule has 16 heavy (non-hydrogen) atoms. The van der Waals surface area contributed by atoms with Crippen LogP contribution in [0.1, 0.15) is 12.8 Å². The van der Waals surface area contributed by atoms with Crippen LogP contribution in [0.3, 0.4) is 0 Å². The monoisotopic (exact) mass is 255 g/mol. The second-order valence-corrected chi connectivity index (χ2v) is 3.80. The Balaban J connectivity index is 0.000000183. The van der Waals surface area contributed by atoms with Crippen molar-refractivity contribution in [3.05, 3.63) is 66.0 Å². The van der Waals surface area contributed by atoms with E-state index in [0.717, 1.165) is 18.4 Å². The summed E-state index contributed by atoms with van der Waals surface area (Å²) in [6.45, 7) is 0. The van der Waals surface area contributed by atoms with Gasteiger partial charge in [-0.05, 0) is 12.8 Å². The van der Waals surface area contributed by atoms with Gasteiger partial charge in [0.05, 0.1) is 0 Å². The summed E-state index contributed by atoms with van der Waals surface area (Å²) in [4.78, 5) is 0. The van der Waals surface area contributed by atoms with E-state index in [2.05, 4.69) is 0 Å². The maximum atomic E-state index is 9.47. The summed E-state index contributed by atoms with van der Waals surface area (Å²) in [5.41, 5.74) is 1.00. The van der Waals surface area contributed by atoms with E-state index in [1.807, 2.05) is 54.6 Å². The van der Waals surface area contributed by atoms with Gasteiger partial charge in [0.1, 0.15) is 5.76 Å². The summed E-state index contributed by atoms with van der Waals surface area (Å²) in [6, 6.07) is 10.0. The van der Waals surface area contributed by atoms with Gasteiger partial charge in [0, 0.05) is 28.6 Å². The summed E-state index contributed by atoms with van der Waals surface area (Å²) in [6.07, 6.45) is 10.1. The first kappa shape index (κ1) is 13.0. The topological polar surface area (TPSA) is 20.2 Å². The Morgan fingerprint density at radius 3 is 2.06 bits per heavy atom. The van der Waals surface area contributed by atoms with Crippen molar-refractivity contribution in [1.29, 1.82) is 0 Å². The van der Waals surface area contributed by atoms with Crippen LogP contribution in [0.5, 0.6) is 0 Å². The Hall–Kier alpha value is -1.11. The van der Waals surface area contributed by atoms with Crippen LogP contribution < -0.4 is 0 Å². The number of allylic oxidation sites excluding steroid dienone is 6. The molecule has 0 heterocycles. The molecule has 0 atom stereocenters. The number of hydrogen-bond acceptors (Lipinski definition) is 1. The third kappa shape index (κ3) is 3.80. The maximum absolute atomic E-state index is 9.47. The van der Waals surface area contributed by atoms with Crippen molar-refractivity contribution < 1.29 is 22.2 Å². The number of aliphatic hydroxyl groups excluding tert-OH is 1. The van der Waals surface area contributed by atoms with Gasteiger partial charge in [0.15, 0.2) is 0 Å². The average molecular weight is 255 g/mol. The van der Waals surface area contributed by atoms with E-state index in [-0.39, 0.29) is 17.1 Å². The summed E-state index contributed by atoms with van der Waals surface area (Å²) >= 11 is 0. The fourth-order valence-electron chi connectivity index (χ4n) is 1.46. The van der Waals surface area contributed by atoms with Gasteiger partial charge >= 0.3 is 0 Å². The fourth-order valence-corrected chi connectivity index (χ4v) is 1.46. The molecule has 0 spiro atoms. The maximum Gasteiger partial charge on any atom is 0.103 e. The molecule has 86 valence electrons. The summed E-state index contributed by atoms with van der Waals surface area (Å²) in [5, 5.41) is 9.47. The van der Waals surface area contributed by atoms with Crippen molar-refractivity contribution in [1.82, 2.24) is 0 Å². The molecule has 1 nitrogen and oxygen atoms in total. The van der Waals surface area contributed by atoms with Gasteiger partial charge in [-0.1, -0.05) is 24.3 Å². The zero-order valence-corrected chi connectivity index (χ0v) is 10.1. The van der Waals surface area contributed by atoms with Gasteiger partial charge in [-0.2, -0.15) is 18.2 Å². The van der Waals surface area contributed by atoms with Crippen molar-refractivity contribution >= 4 is 0 Å². The predicted molar refractivity (Wildman–Crippen MR) is 62.7 cm³/mol. The molecule has 3 rings (SSSR count). The molecule has 0 radical (unpaired) electrons. The van der Waals surface area contributed by atoms with Gasteiger partial charge < -0.3 is 5.11 Å². The minimum absolute atomic E-state index is 0. The molecule has 2 aliphatic rings. The second-order valence-electron chi connectivity index (χ2n) is 3.80. The number of hydrogen-bond donors (Lipinski definition) is 1. The van der Waals surface area contributed by atoms with Gasteiger partial charge in [0.2, 0.25) is 0 Å². The largest absolute Gasteiger partial charge is 0.511 e. The van der Waals surface area contributed by atoms with Crippen molar-refractivity contribution in [2.45, 2.75) is 12.8 Å². The van der Waals surface area contributed by atoms with Gasteiger partial charge in [0.25, 0.3) is 0 Å². The molecule has 0 unspecified atom stereocenters.